The van der Waals surface area contributed by atoms with Gasteiger partial charge >= 0.3 is 5.97 Å². The van der Waals surface area contributed by atoms with Crippen molar-refractivity contribution in [3.8, 4) is 0 Å². The molecule has 1 fully saturated rings. The van der Waals surface area contributed by atoms with E-state index in [1.165, 1.54) is 0 Å². The van der Waals surface area contributed by atoms with Crippen LogP contribution in [-0.4, -0.2) is 54.6 Å². The molecule has 3 N–H and O–H groups in total. The number of rotatable bonds is 4. The molecule has 0 bridgehead atoms. The van der Waals surface area contributed by atoms with Crippen molar-refractivity contribution in [2.75, 3.05) is 37.6 Å². The minimum Gasteiger partial charge on any atom is -0.480 e. The number of carbonyl (C=O) groups excluding carboxylic acids is 1. The van der Waals surface area contributed by atoms with Gasteiger partial charge in [-0.2, -0.15) is 0 Å². The third kappa shape index (κ3) is 3.95. The van der Waals surface area contributed by atoms with E-state index in [9.17, 15) is 9.59 Å². The third-order valence-electron chi connectivity index (χ3n) is 3.53. The van der Waals surface area contributed by atoms with Crippen LogP contribution in [0.5, 0.6) is 0 Å². The minimum absolute atomic E-state index is 0.0506. The molecule has 1 aromatic carbocycles. The van der Waals surface area contributed by atoms with E-state index in [1.807, 2.05) is 17.0 Å². The maximum absolute atomic E-state index is 11.7. The lowest BCUT2D eigenvalue weighted by Crippen LogP contribution is -2.34. The van der Waals surface area contributed by atoms with Gasteiger partial charge in [0.25, 0.3) is 5.91 Å². The normalized spacial score (nSPS) is 16.5. The van der Waals surface area contributed by atoms with E-state index in [0.717, 1.165) is 25.2 Å². The number of carbonyl (C=O) groups is 2. The maximum Gasteiger partial charge on any atom is 0.317 e. The molecule has 0 unspecified atom stereocenters. The van der Waals surface area contributed by atoms with Crippen LogP contribution in [0.1, 0.15) is 16.8 Å². The van der Waals surface area contributed by atoms with Crippen molar-refractivity contribution >= 4 is 33.5 Å². The molecule has 2 rings (SSSR count). The molecule has 6 nitrogen and oxygen atoms in total. The number of carboxylic acids is 1. The highest BCUT2D eigenvalue weighted by molar-refractivity contribution is 9.10. The average molecular weight is 356 g/mol. The highest BCUT2D eigenvalue weighted by Gasteiger charge is 2.21. The monoisotopic (exact) mass is 355 g/mol. The number of benzene rings is 1. The SMILES string of the molecule is NC(=O)c1c(Br)cccc1N1CCCN(CC(=O)O)CC1. The molecule has 1 saturated heterocycles. The number of halogens is 1. The van der Waals surface area contributed by atoms with Crippen molar-refractivity contribution in [3.05, 3.63) is 28.2 Å². The molecule has 0 spiro atoms. The fourth-order valence-electron chi connectivity index (χ4n) is 2.58. The summed E-state index contributed by atoms with van der Waals surface area (Å²) in [4.78, 5) is 26.5. The van der Waals surface area contributed by atoms with Crippen molar-refractivity contribution in [3.63, 3.8) is 0 Å². The molecular formula is C14H18BrN3O3. The maximum atomic E-state index is 11.7. The molecule has 1 amide bonds. The van der Waals surface area contributed by atoms with Crippen molar-refractivity contribution in [2.24, 2.45) is 5.73 Å². The Balaban J connectivity index is 2.18. The first kappa shape index (κ1) is 15.8. The Bertz CT molecular complexity index is 550. The zero-order valence-corrected chi connectivity index (χ0v) is 13.2. The Hall–Kier alpha value is -1.60. The second-order valence-corrected chi connectivity index (χ2v) is 5.86. The van der Waals surface area contributed by atoms with Crippen LogP contribution >= 0.6 is 15.9 Å². The summed E-state index contributed by atoms with van der Waals surface area (Å²) in [6.07, 6.45) is 0.845. The van der Waals surface area contributed by atoms with Crippen LogP contribution in [0.3, 0.4) is 0 Å². The van der Waals surface area contributed by atoms with Gasteiger partial charge in [0.15, 0.2) is 0 Å². The molecule has 1 aliphatic rings. The standard InChI is InChI=1S/C14H18BrN3O3/c15-10-3-1-4-11(13(10)14(16)21)18-6-2-5-17(7-8-18)9-12(19)20/h1,3-4H,2,5-9H2,(H2,16,21)(H,19,20). The Morgan fingerprint density at radius 1 is 1.24 bits per heavy atom. The Kier molecular flexibility index (Phi) is 5.19. The summed E-state index contributed by atoms with van der Waals surface area (Å²) in [5.41, 5.74) is 6.75. The number of anilines is 1. The summed E-state index contributed by atoms with van der Waals surface area (Å²) >= 11 is 3.36. The fraction of sp³-hybridized carbons (Fsp3) is 0.429. The summed E-state index contributed by atoms with van der Waals surface area (Å²) in [5.74, 6) is -1.28. The molecule has 114 valence electrons. The largest absolute Gasteiger partial charge is 0.480 e. The van der Waals surface area contributed by atoms with Gasteiger partial charge in [-0.05, 0) is 34.5 Å². The molecule has 21 heavy (non-hydrogen) atoms. The highest BCUT2D eigenvalue weighted by atomic mass is 79.9. The van der Waals surface area contributed by atoms with Gasteiger partial charge in [-0.15, -0.1) is 0 Å². The van der Waals surface area contributed by atoms with Crippen molar-refractivity contribution in [1.82, 2.24) is 4.90 Å². The number of nitrogens with zero attached hydrogens (tertiary/aromatic N) is 2. The predicted molar refractivity (Wildman–Crippen MR) is 83.6 cm³/mol. The van der Waals surface area contributed by atoms with Gasteiger partial charge in [-0.1, -0.05) is 6.07 Å². The topological polar surface area (TPSA) is 86.9 Å². The van der Waals surface area contributed by atoms with Crippen molar-refractivity contribution in [2.45, 2.75) is 6.42 Å². The van der Waals surface area contributed by atoms with Crippen LogP contribution in [0.2, 0.25) is 0 Å². The molecule has 0 aliphatic carbocycles. The average Bonchev–Trinajstić information content (AvgIpc) is 2.63. The summed E-state index contributed by atoms with van der Waals surface area (Å²) in [7, 11) is 0. The summed E-state index contributed by atoms with van der Waals surface area (Å²) in [6.45, 7) is 2.88. The van der Waals surface area contributed by atoms with Crippen molar-refractivity contribution in [1.29, 1.82) is 0 Å². The van der Waals surface area contributed by atoms with E-state index >= 15 is 0 Å². The Labute approximate surface area is 131 Å². The molecule has 0 saturated carbocycles. The van der Waals surface area contributed by atoms with Crippen LogP contribution in [0.15, 0.2) is 22.7 Å². The summed E-state index contributed by atoms with van der Waals surface area (Å²) in [5, 5.41) is 8.87. The van der Waals surface area contributed by atoms with E-state index in [-0.39, 0.29) is 6.54 Å². The minimum atomic E-state index is -0.816. The van der Waals surface area contributed by atoms with Gasteiger partial charge in [-0.3, -0.25) is 14.5 Å². The van der Waals surface area contributed by atoms with E-state index in [2.05, 4.69) is 20.8 Å². The second kappa shape index (κ2) is 6.91. The van der Waals surface area contributed by atoms with E-state index in [4.69, 9.17) is 10.8 Å². The smallest absolute Gasteiger partial charge is 0.317 e. The zero-order chi connectivity index (χ0) is 15.4. The van der Waals surface area contributed by atoms with Gasteiger partial charge < -0.3 is 15.7 Å². The fourth-order valence-corrected chi connectivity index (χ4v) is 3.13. The van der Waals surface area contributed by atoms with Gasteiger partial charge in [0, 0.05) is 30.7 Å². The van der Waals surface area contributed by atoms with E-state index < -0.39 is 11.9 Å². The number of aliphatic carboxylic acids is 1. The number of amides is 1. The molecule has 1 heterocycles. The number of primary amides is 1. The first-order chi connectivity index (χ1) is 9.99. The molecule has 1 aliphatic heterocycles. The Morgan fingerprint density at radius 3 is 2.67 bits per heavy atom. The zero-order valence-electron chi connectivity index (χ0n) is 11.6. The molecule has 1 aromatic rings. The number of hydrogen-bond donors (Lipinski definition) is 2. The van der Waals surface area contributed by atoms with E-state index in [0.29, 0.717) is 23.1 Å². The quantitative estimate of drug-likeness (QED) is 0.845. The first-order valence-electron chi connectivity index (χ1n) is 6.76. The molecule has 0 radical (unpaired) electrons. The molecule has 0 aromatic heterocycles. The van der Waals surface area contributed by atoms with E-state index in [1.54, 1.807) is 6.07 Å². The summed E-state index contributed by atoms with van der Waals surface area (Å²) in [6, 6.07) is 5.53. The predicted octanol–water partition coefficient (Wildman–Crippen LogP) is 1.14. The Morgan fingerprint density at radius 2 is 2.00 bits per heavy atom. The molecule has 7 heteroatoms. The van der Waals surface area contributed by atoms with Crippen LogP contribution in [0.25, 0.3) is 0 Å². The van der Waals surface area contributed by atoms with Crippen LogP contribution in [0.4, 0.5) is 5.69 Å². The van der Waals surface area contributed by atoms with Crippen molar-refractivity contribution < 1.29 is 14.7 Å². The number of nitrogens with two attached hydrogens (primary N) is 1. The van der Waals surface area contributed by atoms with Gasteiger partial charge in [0.05, 0.1) is 17.8 Å². The van der Waals surface area contributed by atoms with Crippen LogP contribution < -0.4 is 10.6 Å². The van der Waals surface area contributed by atoms with Gasteiger partial charge in [0.2, 0.25) is 0 Å². The lowest BCUT2D eigenvalue weighted by molar-refractivity contribution is -0.138. The van der Waals surface area contributed by atoms with Crippen LogP contribution in [0, 0.1) is 0 Å². The molecule has 0 atom stereocenters. The second-order valence-electron chi connectivity index (χ2n) is 5.01. The lowest BCUT2D eigenvalue weighted by atomic mass is 10.1. The van der Waals surface area contributed by atoms with Crippen LogP contribution in [-0.2, 0) is 4.79 Å². The third-order valence-corrected chi connectivity index (χ3v) is 4.19. The number of carboxylic acid groups (broad SMARTS) is 1. The van der Waals surface area contributed by atoms with Gasteiger partial charge in [0.1, 0.15) is 0 Å². The van der Waals surface area contributed by atoms with Gasteiger partial charge in [-0.25, -0.2) is 0 Å². The summed E-state index contributed by atoms with van der Waals surface area (Å²) < 4.78 is 0.680. The highest BCUT2D eigenvalue weighted by Crippen LogP contribution is 2.28. The first-order valence-corrected chi connectivity index (χ1v) is 7.55. The molecular weight excluding hydrogens is 338 g/mol. The lowest BCUT2D eigenvalue weighted by Gasteiger charge is -2.25. The number of hydrogen-bond acceptors (Lipinski definition) is 4.